The van der Waals surface area contributed by atoms with Gasteiger partial charge < -0.3 is 10.1 Å². The van der Waals surface area contributed by atoms with Gasteiger partial charge in [-0.25, -0.2) is 4.79 Å². The Kier molecular flexibility index (Phi) is 7.88. The first kappa shape index (κ1) is 20.4. The molecule has 0 aromatic carbocycles. The fourth-order valence-corrected chi connectivity index (χ4v) is 2.57. The highest BCUT2D eigenvalue weighted by atomic mass is 32.2. The second-order valence-corrected chi connectivity index (χ2v) is 6.80. The van der Waals surface area contributed by atoms with E-state index in [1.54, 1.807) is 25.1 Å². The Bertz CT molecular complexity index is 324. The van der Waals surface area contributed by atoms with E-state index in [4.69, 9.17) is 4.74 Å². The number of nitrogens with one attached hydrogen (secondary N) is 1. The second kappa shape index (κ2) is 8.12. The number of ether oxygens (including phenoxy) is 1. The van der Waals surface area contributed by atoms with Crippen molar-refractivity contribution in [1.82, 2.24) is 9.62 Å². The van der Waals surface area contributed by atoms with Crippen molar-refractivity contribution < 1.29 is 22.7 Å². The quantitative estimate of drug-likeness (QED) is 0.799. The lowest BCUT2D eigenvalue weighted by Gasteiger charge is -2.32. The van der Waals surface area contributed by atoms with Crippen LogP contribution in [0.3, 0.4) is 0 Å². The van der Waals surface area contributed by atoms with Crippen LogP contribution in [0, 0.1) is 0 Å². The predicted molar refractivity (Wildman–Crippen MR) is 79.2 cm³/mol. The Hall–Kier alpha value is -0.630. The van der Waals surface area contributed by atoms with Crippen LogP contribution in [0.25, 0.3) is 0 Å². The first-order valence-corrected chi connectivity index (χ1v) is 7.43. The molecule has 21 heavy (non-hydrogen) atoms. The number of piperidine rings is 1. The minimum Gasteiger partial charge on any atom is -0.444 e. The summed E-state index contributed by atoms with van der Waals surface area (Å²) in [6.07, 6.45) is -3.36. The molecule has 8 heteroatoms. The molecule has 1 heterocycles. The summed E-state index contributed by atoms with van der Waals surface area (Å²) >= 11 is 0.800. The third kappa shape index (κ3) is 9.84. The Morgan fingerprint density at radius 2 is 1.81 bits per heavy atom. The SMILES string of the molecule is C.CC(C)(C)OC(=O)NC1CCN(SCC(F)(F)F)CC1. The molecule has 1 saturated heterocycles. The monoisotopic (exact) mass is 330 g/mol. The van der Waals surface area contributed by atoms with E-state index in [0.29, 0.717) is 25.9 Å². The molecular formula is C13H25F3N2O2S. The highest BCUT2D eigenvalue weighted by Crippen LogP contribution is 2.26. The first-order valence-electron chi connectivity index (χ1n) is 6.49. The van der Waals surface area contributed by atoms with Gasteiger partial charge in [-0.05, 0) is 33.6 Å². The van der Waals surface area contributed by atoms with Crippen LogP contribution >= 0.6 is 11.9 Å². The lowest BCUT2D eigenvalue weighted by molar-refractivity contribution is -0.105. The number of alkyl carbamates (subject to hydrolysis) is 1. The molecule has 0 aromatic rings. The van der Waals surface area contributed by atoms with Crippen LogP contribution in [0.1, 0.15) is 41.0 Å². The first-order chi connectivity index (χ1) is 9.05. The van der Waals surface area contributed by atoms with Crippen LogP contribution in [-0.4, -0.2) is 47.1 Å². The van der Waals surface area contributed by atoms with E-state index < -0.39 is 23.6 Å². The molecular weight excluding hydrogens is 305 g/mol. The van der Waals surface area contributed by atoms with Crippen molar-refractivity contribution in [3.63, 3.8) is 0 Å². The normalized spacial score (nSPS) is 18.0. The summed E-state index contributed by atoms with van der Waals surface area (Å²) < 4.78 is 43.1. The highest BCUT2D eigenvalue weighted by molar-refractivity contribution is 7.97. The molecule has 1 N–H and O–H groups in total. The van der Waals surface area contributed by atoms with Gasteiger partial charge in [0.1, 0.15) is 11.4 Å². The fourth-order valence-electron chi connectivity index (χ4n) is 1.77. The second-order valence-electron chi connectivity index (χ2n) is 5.74. The standard InChI is InChI=1S/C12H21F3N2O2S.CH4/c1-11(2,3)19-10(18)16-9-4-6-17(7-5-9)20-8-12(13,14)15;/h9H,4-8H2,1-3H3,(H,16,18);1H4. The van der Waals surface area contributed by atoms with Crippen molar-refractivity contribution in [3.05, 3.63) is 0 Å². The molecule has 0 unspecified atom stereocenters. The summed E-state index contributed by atoms with van der Waals surface area (Å²) in [6, 6.07) is -0.0346. The van der Waals surface area contributed by atoms with E-state index in [9.17, 15) is 18.0 Å². The molecule has 1 rings (SSSR count). The Balaban J connectivity index is 0.00000400. The van der Waals surface area contributed by atoms with Crippen LogP contribution in [0.2, 0.25) is 0 Å². The van der Waals surface area contributed by atoms with Gasteiger partial charge in [0.25, 0.3) is 0 Å². The van der Waals surface area contributed by atoms with Crippen LogP contribution in [0.4, 0.5) is 18.0 Å². The number of hydrogen-bond acceptors (Lipinski definition) is 4. The van der Waals surface area contributed by atoms with Gasteiger partial charge in [0.15, 0.2) is 0 Å². The molecule has 0 spiro atoms. The number of amides is 1. The van der Waals surface area contributed by atoms with Crippen molar-refractivity contribution in [2.75, 3.05) is 18.8 Å². The van der Waals surface area contributed by atoms with E-state index in [2.05, 4.69) is 5.32 Å². The number of halogens is 3. The Labute approximate surface area is 128 Å². The van der Waals surface area contributed by atoms with Crippen molar-refractivity contribution in [2.45, 2.75) is 58.9 Å². The summed E-state index contributed by atoms with van der Waals surface area (Å²) in [5.74, 6) is -0.864. The number of alkyl halides is 3. The van der Waals surface area contributed by atoms with Gasteiger partial charge in [-0.15, -0.1) is 0 Å². The van der Waals surface area contributed by atoms with Crippen molar-refractivity contribution >= 4 is 18.0 Å². The van der Waals surface area contributed by atoms with Gasteiger partial charge in [-0.2, -0.15) is 13.2 Å². The van der Waals surface area contributed by atoms with Crippen molar-refractivity contribution in [2.24, 2.45) is 0 Å². The van der Waals surface area contributed by atoms with Crippen LogP contribution in [0.5, 0.6) is 0 Å². The molecule has 1 aliphatic rings. The number of nitrogens with zero attached hydrogens (tertiary/aromatic N) is 1. The van der Waals surface area contributed by atoms with Crippen LogP contribution in [-0.2, 0) is 4.74 Å². The maximum Gasteiger partial charge on any atom is 0.407 e. The smallest absolute Gasteiger partial charge is 0.407 e. The number of carbonyl (C=O) groups excluding carboxylic acids is 1. The third-order valence-corrected chi connectivity index (χ3v) is 3.77. The van der Waals surface area contributed by atoms with Gasteiger partial charge in [0, 0.05) is 19.1 Å². The maximum atomic E-state index is 12.1. The van der Waals surface area contributed by atoms with E-state index in [1.165, 1.54) is 0 Å². The molecule has 0 saturated carbocycles. The van der Waals surface area contributed by atoms with Crippen molar-refractivity contribution in [1.29, 1.82) is 0 Å². The molecule has 1 fully saturated rings. The lowest BCUT2D eigenvalue weighted by atomic mass is 10.1. The van der Waals surface area contributed by atoms with E-state index in [1.807, 2.05) is 0 Å². The van der Waals surface area contributed by atoms with E-state index in [0.717, 1.165) is 11.9 Å². The van der Waals surface area contributed by atoms with Crippen LogP contribution < -0.4 is 5.32 Å². The number of hydrogen-bond donors (Lipinski definition) is 1. The third-order valence-electron chi connectivity index (χ3n) is 2.59. The number of rotatable bonds is 3. The molecule has 126 valence electrons. The lowest BCUT2D eigenvalue weighted by Crippen LogP contribution is -2.44. The topological polar surface area (TPSA) is 41.6 Å². The maximum absolute atomic E-state index is 12.1. The van der Waals surface area contributed by atoms with Gasteiger partial charge in [0.05, 0.1) is 0 Å². The summed E-state index contributed by atoms with van der Waals surface area (Å²) in [5.41, 5.74) is -0.548. The summed E-state index contributed by atoms with van der Waals surface area (Å²) in [6.45, 7) is 6.40. The van der Waals surface area contributed by atoms with E-state index >= 15 is 0 Å². The molecule has 0 atom stereocenters. The van der Waals surface area contributed by atoms with Gasteiger partial charge in [-0.3, -0.25) is 4.31 Å². The molecule has 1 aliphatic heterocycles. The average Bonchev–Trinajstić information content (AvgIpc) is 2.24. The predicted octanol–water partition coefficient (Wildman–Crippen LogP) is 3.82. The largest absolute Gasteiger partial charge is 0.444 e. The van der Waals surface area contributed by atoms with Gasteiger partial charge >= 0.3 is 12.3 Å². The summed E-state index contributed by atoms with van der Waals surface area (Å²) in [7, 11) is 0. The molecule has 0 radical (unpaired) electrons. The zero-order chi connectivity index (χ0) is 15.4. The van der Waals surface area contributed by atoms with E-state index in [-0.39, 0.29) is 13.5 Å². The summed E-state index contributed by atoms with van der Waals surface area (Å²) in [5, 5.41) is 2.75. The molecule has 0 aromatic heterocycles. The highest BCUT2D eigenvalue weighted by Gasteiger charge is 2.30. The zero-order valence-electron chi connectivity index (χ0n) is 11.9. The Morgan fingerprint density at radius 1 is 1.29 bits per heavy atom. The Morgan fingerprint density at radius 3 is 2.24 bits per heavy atom. The number of carbonyl (C=O) groups is 1. The fraction of sp³-hybridized carbons (Fsp3) is 0.923. The minimum absolute atomic E-state index is 0. The molecule has 0 bridgehead atoms. The van der Waals surface area contributed by atoms with Crippen LogP contribution in [0.15, 0.2) is 0 Å². The van der Waals surface area contributed by atoms with Gasteiger partial charge in [0.2, 0.25) is 0 Å². The zero-order valence-corrected chi connectivity index (χ0v) is 12.7. The minimum atomic E-state index is -4.14. The summed E-state index contributed by atoms with van der Waals surface area (Å²) in [4.78, 5) is 11.6. The molecule has 1 amide bonds. The van der Waals surface area contributed by atoms with Gasteiger partial charge in [-0.1, -0.05) is 19.4 Å². The molecule has 4 nitrogen and oxygen atoms in total. The molecule has 0 aliphatic carbocycles. The average molecular weight is 330 g/mol. The van der Waals surface area contributed by atoms with Crippen molar-refractivity contribution in [3.8, 4) is 0 Å².